The molecule has 0 radical (unpaired) electrons. The molecule has 4 rings (SSSR count). The number of anilines is 1. The number of amides is 3. The van der Waals surface area contributed by atoms with Crippen molar-refractivity contribution in [3.8, 4) is 17.2 Å². The lowest BCUT2D eigenvalue weighted by molar-refractivity contribution is -0.133. The molecule has 1 aromatic heterocycles. The molecule has 3 aromatic rings. The van der Waals surface area contributed by atoms with Crippen LogP contribution >= 0.6 is 11.3 Å². The lowest BCUT2D eigenvalue weighted by Gasteiger charge is -2.28. The molecule has 1 N–H and O–H groups in total. The highest BCUT2D eigenvalue weighted by Crippen LogP contribution is 2.33. The van der Waals surface area contributed by atoms with Gasteiger partial charge in [-0.15, -0.1) is 11.3 Å². The Morgan fingerprint density at radius 2 is 1.86 bits per heavy atom. The Kier molecular flexibility index (Phi) is 8.64. The van der Waals surface area contributed by atoms with Gasteiger partial charge in [0.05, 0.1) is 20.3 Å². The van der Waals surface area contributed by atoms with Gasteiger partial charge >= 0.3 is 6.03 Å². The molecule has 0 saturated carbocycles. The van der Waals surface area contributed by atoms with E-state index >= 15 is 0 Å². The fraction of sp³-hybridized carbons (Fsp3) is 0.308. The molecule has 0 unspecified atom stereocenters. The SMILES string of the molecule is COCCN(CC(=O)N(Cc1ccc2c(c1)OCO2)Cc1cccs1)C(=O)Nc1cccc(OC)c1. The number of carbonyl (C=O) groups is 2. The first-order valence-corrected chi connectivity index (χ1v) is 12.3. The summed E-state index contributed by atoms with van der Waals surface area (Å²) >= 11 is 1.58. The molecule has 0 fully saturated rings. The van der Waals surface area contributed by atoms with Gasteiger partial charge in [0.1, 0.15) is 12.3 Å². The number of nitrogens with one attached hydrogen (secondary N) is 1. The zero-order valence-electron chi connectivity index (χ0n) is 20.3. The van der Waals surface area contributed by atoms with Crippen LogP contribution in [0.4, 0.5) is 10.5 Å². The maximum Gasteiger partial charge on any atom is 0.322 e. The largest absolute Gasteiger partial charge is 0.497 e. The van der Waals surface area contributed by atoms with Crippen LogP contribution in [0.5, 0.6) is 17.2 Å². The van der Waals surface area contributed by atoms with Crippen molar-refractivity contribution in [3.05, 3.63) is 70.4 Å². The van der Waals surface area contributed by atoms with Crippen LogP contribution in [-0.4, -0.2) is 62.4 Å². The minimum absolute atomic E-state index is 0.102. The second-order valence-electron chi connectivity index (χ2n) is 8.09. The molecule has 190 valence electrons. The first-order valence-electron chi connectivity index (χ1n) is 11.4. The molecular formula is C26H29N3O6S. The highest BCUT2D eigenvalue weighted by atomic mass is 32.1. The number of urea groups is 1. The quantitative estimate of drug-likeness (QED) is 0.415. The van der Waals surface area contributed by atoms with Gasteiger partial charge in [-0.3, -0.25) is 4.79 Å². The molecule has 10 heteroatoms. The van der Waals surface area contributed by atoms with Gasteiger partial charge in [0.15, 0.2) is 11.5 Å². The summed E-state index contributed by atoms with van der Waals surface area (Å²) in [5.41, 5.74) is 1.48. The van der Waals surface area contributed by atoms with Gasteiger partial charge in [0.25, 0.3) is 0 Å². The Hall–Kier alpha value is -3.76. The lowest BCUT2D eigenvalue weighted by Crippen LogP contribution is -2.45. The molecule has 9 nitrogen and oxygen atoms in total. The van der Waals surface area contributed by atoms with Crippen molar-refractivity contribution in [2.75, 3.05) is 46.0 Å². The number of hydrogen-bond acceptors (Lipinski definition) is 7. The standard InChI is InChI=1S/C26H29N3O6S/c1-32-11-10-28(26(31)27-20-5-3-6-21(14-20)33-2)17-25(30)29(16-22-7-4-12-36-22)15-19-8-9-23-24(13-19)35-18-34-23/h3-9,12-14H,10-11,15-18H2,1-2H3,(H,27,31). The van der Waals surface area contributed by atoms with E-state index < -0.39 is 6.03 Å². The van der Waals surface area contributed by atoms with E-state index in [0.29, 0.717) is 42.6 Å². The van der Waals surface area contributed by atoms with Crippen LogP contribution in [-0.2, 0) is 22.6 Å². The molecule has 2 aromatic carbocycles. The smallest absolute Gasteiger partial charge is 0.322 e. The molecule has 0 saturated heterocycles. The number of rotatable bonds is 11. The number of carbonyl (C=O) groups excluding carboxylic acids is 2. The molecule has 0 aliphatic carbocycles. The van der Waals surface area contributed by atoms with Crippen molar-refractivity contribution in [1.82, 2.24) is 9.80 Å². The molecule has 0 spiro atoms. The van der Waals surface area contributed by atoms with Crippen LogP contribution < -0.4 is 19.5 Å². The van der Waals surface area contributed by atoms with E-state index in [1.54, 1.807) is 54.7 Å². The Morgan fingerprint density at radius 1 is 1.00 bits per heavy atom. The minimum atomic E-state index is -0.396. The Balaban J connectivity index is 1.49. The van der Waals surface area contributed by atoms with Gasteiger partial charge < -0.3 is 34.1 Å². The van der Waals surface area contributed by atoms with E-state index in [1.165, 1.54) is 4.90 Å². The van der Waals surface area contributed by atoms with Crippen molar-refractivity contribution in [1.29, 1.82) is 0 Å². The fourth-order valence-corrected chi connectivity index (χ4v) is 4.42. The Morgan fingerprint density at radius 3 is 2.64 bits per heavy atom. The molecule has 36 heavy (non-hydrogen) atoms. The van der Waals surface area contributed by atoms with Crippen molar-refractivity contribution in [2.45, 2.75) is 13.1 Å². The summed E-state index contributed by atoms with van der Waals surface area (Å²) < 4.78 is 21.3. The summed E-state index contributed by atoms with van der Waals surface area (Å²) in [6, 6.07) is 16.3. The van der Waals surface area contributed by atoms with Crippen LogP contribution in [0.25, 0.3) is 0 Å². The van der Waals surface area contributed by atoms with E-state index in [0.717, 1.165) is 10.4 Å². The van der Waals surface area contributed by atoms with Crippen LogP contribution in [0.2, 0.25) is 0 Å². The average Bonchev–Trinajstić information content (AvgIpc) is 3.58. The normalized spacial score (nSPS) is 11.7. The van der Waals surface area contributed by atoms with Crippen molar-refractivity contribution in [3.63, 3.8) is 0 Å². The van der Waals surface area contributed by atoms with E-state index in [-0.39, 0.29) is 25.8 Å². The van der Waals surface area contributed by atoms with Gasteiger partial charge in [-0.05, 0) is 41.3 Å². The zero-order chi connectivity index (χ0) is 25.3. The number of hydrogen-bond donors (Lipinski definition) is 1. The van der Waals surface area contributed by atoms with Crippen LogP contribution in [0.3, 0.4) is 0 Å². The summed E-state index contributed by atoms with van der Waals surface area (Å²) in [6.07, 6.45) is 0. The molecular weight excluding hydrogens is 482 g/mol. The second kappa shape index (κ2) is 12.3. The molecule has 0 atom stereocenters. The number of methoxy groups -OCH3 is 2. The van der Waals surface area contributed by atoms with Crippen LogP contribution in [0.15, 0.2) is 60.0 Å². The molecule has 1 aliphatic rings. The Labute approximate surface area is 214 Å². The van der Waals surface area contributed by atoms with E-state index in [1.807, 2.05) is 35.7 Å². The summed E-state index contributed by atoms with van der Waals surface area (Å²) in [5, 5.41) is 4.82. The average molecular weight is 512 g/mol. The zero-order valence-corrected chi connectivity index (χ0v) is 21.1. The predicted octanol–water partition coefficient (Wildman–Crippen LogP) is 4.19. The highest BCUT2D eigenvalue weighted by Gasteiger charge is 2.23. The topological polar surface area (TPSA) is 89.6 Å². The maximum atomic E-state index is 13.5. The van der Waals surface area contributed by atoms with Gasteiger partial charge in [0.2, 0.25) is 12.7 Å². The second-order valence-corrected chi connectivity index (χ2v) is 9.13. The minimum Gasteiger partial charge on any atom is -0.497 e. The van der Waals surface area contributed by atoms with Gasteiger partial charge in [-0.2, -0.15) is 0 Å². The van der Waals surface area contributed by atoms with E-state index in [2.05, 4.69) is 5.32 Å². The van der Waals surface area contributed by atoms with Crippen molar-refractivity contribution < 1.29 is 28.5 Å². The number of nitrogens with zero attached hydrogens (tertiary/aromatic N) is 2. The third-order valence-electron chi connectivity index (χ3n) is 5.59. The predicted molar refractivity (Wildman–Crippen MR) is 137 cm³/mol. The first kappa shape index (κ1) is 25.3. The number of fused-ring (bicyclic) bond motifs is 1. The number of benzene rings is 2. The third-order valence-corrected chi connectivity index (χ3v) is 6.45. The van der Waals surface area contributed by atoms with Crippen molar-refractivity contribution >= 4 is 29.0 Å². The van der Waals surface area contributed by atoms with Gasteiger partial charge in [-0.1, -0.05) is 18.2 Å². The number of ether oxygens (including phenoxy) is 4. The van der Waals surface area contributed by atoms with Gasteiger partial charge in [0, 0.05) is 36.8 Å². The van der Waals surface area contributed by atoms with Gasteiger partial charge in [-0.25, -0.2) is 4.79 Å². The van der Waals surface area contributed by atoms with E-state index in [9.17, 15) is 9.59 Å². The van der Waals surface area contributed by atoms with Crippen LogP contribution in [0, 0.1) is 0 Å². The highest BCUT2D eigenvalue weighted by molar-refractivity contribution is 7.09. The molecule has 1 aliphatic heterocycles. The third kappa shape index (κ3) is 6.67. The van der Waals surface area contributed by atoms with Crippen LogP contribution in [0.1, 0.15) is 10.4 Å². The summed E-state index contributed by atoms with van der Waals surface area (Å²) in [4.78, 5) is 30.9. The molecule has 3 amide bonds. The van der Waals surface area contributed by atoms with E-state index in [4.69, 9.17) is 18.9 Å². The Bertz CT molecular complexity index is 1170. The maximum absolute atomic E-state index is 13.5. The molecule has 0 bridgehead atoms. The summed E-state index contributed by atoms with van der Waals surface area (Å²) in [7, 11) is 3.12. The monoisotopic (exact) mass is 511 g/mol. The lowest BCUT2D eigenvalue weighted by atomic mass is 10.2. The number of thiophene rings is 1. The van der Waals surface area contributed by atoms with Crippen molar-refractivity contribution in [2.24, 2.45) is 0 Å². The summed E-state index contributed by atoms with van der Waals surface area (Å²) in [6.45, 7) is 1.44. The fourth-order valence-electron chi connectivity index (χ4n) is 3.70. The molecule has 2 heterocycles. The summed E-state index contributed by atoms with van der Waals surface area (Å²) in [5.74, 6) is 1.79. The first-order chi connectivity index (χ1) is 17.6.